The van der Waals surface area contributed by atoms with Gasteiger partial charge in [0.05, 0.1) is 6.04 Å². The molecule has 0 aromatic heterocycles. The van der Waals surface area contributed by atoms with Crippen molar-refractivity contribution >= 4 is 52.1 Å². The summed E-state index contributed by atoms with van der Waals surface area (Å²) in [6.07, 6.45) is -3.75. The number of esters is 1. The van der Waals surface area contributed by atoms with Crippen LogP contribution < -0.4 is 15.9 Å². The van der Waals surface area contributed by atoms with Gasteiger partial charge in [-0.15, -0.1) is 0 Å². The maximum atomic E-state index is 15.3. The minimum atomic E-state index is -3.37. The number of hydrogen-bond donors (Lipinski definition) is 0. The number of carbonyl (C=O) groups is 4. The van der Waals surface area contributed by atoms with Crippen LogP contribution in [0, 0.1) is 0 Å². The number of likely N-dealkylation sites (tertiary alicyclic amines) is 2. The largest absolute Gasteiger partial charge is 0.456 e. The van der Waals surface area contributed by atoms with E-state index in [1.165, 1.54) is 19.1 Å². The van der Waals surface area contributed by atoms with Gasteiger partial charge in [-0.3, -0.25) is 14.5 Å². The van der Waals surface area contributed by atoms with Gasteiger partial charge < -0.3 is 28.4 Å². The predicted octanol–water partition coefficient (Wildman–Crippen LogP) is 4.19. The summed E-state index contributed by atoms with van der Waals surface area (Å²) in [6.45, 7) is 0.853. The van der Waals surface area contributed by atoms with Crippen molar-refractivity contribution in [2.75, 3.05) is 27.8 Å². The molecular formula is C42H45N2O10P. The van der Waals surface area contributed by atoms with Gasteiger partial charge >= 0.3 is 12.1 Å². The van der Waals surface area contributed by atoms with Crippen LogP contribution in [0.15, 0.2) is 121 Å². The molecule has 0 bridgehead atoms. The van der Waals surface area contributed by atoms with E-state index in [9.17, 15) is 9.59 Å². The number of rotatable bonds is 13. The Morgan fingerprint density at radius 1 is 0.655 bits per heavy atom. The molecule has 2 heterocycles. The number of benzene rings is 4. The first-order chi connectivity index (χ1) is 26.5. The number of imide groups is 1. The van der Waals surface area contributed by atoms with E-state index < -0.39 is 60.7 Å². The lowest BCUT2D eigenvalue weighted by Gasteiger charge is -2.57. The number of β-lactam (4-membered cyclic amide) rings is 1. The van der Waals surface area contributed by atoms with Crippen molar-refractivity contribution in [3.05, 3.63) is 127 Å². The number of amides is 3. The average molecular weight is 769 g/mol. The number of fused-ring (bicyclic) bond motifs is 1. The van der Waals surface area contributed by atoms with Crippen LogP contribution in [-0.4, -0.2) is 96.8 Å². The van der Waals surface area contributed by atoms with Gasteiger partial charge in [-0.05, 0) is 42.2 Å². The second-order valence-corrected chi connectivity index (χ2v) is 17.2. The van der Waals surface area contributed by atoms with Crippen LogP contribution in [0.4, 0.5) is 4.79 Å². The molecule has 4 atom stereocenters. The lowest BCUT2D eigenvalue weighted by atomic mass is 9.81. The number of methoxy groups -OCH3 is 2. The Kier molecular flexibility index (Phi) is 12.3. The van der Waals surface area contributed by atoms with Gasteiger partial charge in [-0.25, -0.2) is 14.5 Å². The monoisotopic (exact) mass is 768 g/mol. The van der Waals surface area contributed by atoms with Crippen LogP contribution >= 0.6 is 6.89 Å². The summed E-state index contributed by atoms with van der Waals surface area (Å²) in [7, 11) is 2.80. The summed E-state index contributed by atoms with van der Waals surface area (Å²) in [5.41, 5.74) is -0.244. The second kappa shape index (κ2) is 17.1. The van der Waals surface area contributed by atoms with E-state index in [2.05, 4.69) is 0 Å². The van der Waals surface area contributed by atoms with E-state index >= 15 is 9.59 Å². The van der Waals surface area contributed by atoms with Gasteiger partial charge in [0.25, 0.3) is 11.8 Å². The zero-order chi connectivity index (χ0) is 39.2. The molecule has 4 aromatic carbocycles. The fourth-order valence-electron chi connectivity index (χ4n) is 7.03. The first-order valence-electron chi connectivity index (χ1n) is 17.8. The third kappa shape index (κ3) is 7.87. The lowest BCUT2D eigenvalue weighted by Crippen LogP contribution is -2.83. The normalized spacial score (nSPS) is 19.7. The summed E-state index contributed by atoms with van der Waals surface area (Å²) < 4.78 is 34.5. The van der Waals surface area contributed by atoms with Crippen molar-refractivity contribution in [3.63, 3.8) is 0 Å². The van der Waals surface area contributed by atoms with Gasteiger partial charge in [0, 0.05) is 21.1 Å². The van der Waals surface area contributed by atoms with Crippen LogP contribution in [-0.2, 0) is 49.4 Å². The highest BCUT2D eigenvalue weighted by Gasteiger charge is 2.67. The topological polar surface area (TPSA) is 130 Å². The Labute approximate surface area is 320 Å². The van der Waals surface area contributed by atoms with Crippen LogP contribution in [0.2, 0.25) is 0 Å². The Balaban J connectivity index is 1.68. The molecule has 288 valence electrons. The van der Waals surface area contributed by atoms with E-state index in [4.69, 9.17) is 28.4 Å². The van der Waals surface area contributed by atoms with Crippen molar-refractivity contribution < 1.29 is 47.6 Å². The van der Waals surface area contributed by atoms with Gasteiger partial charge in [0.2, 0.25) is 0 Å². The number of nitrogens with zero attached hydrogens (tertiary/aromatic N) is 2. The van der Waals surface area contributed by atoms with E-state index in [0.29, 0.717) is 0 Å². The molecule has 2 fully saturated rings. The molecule has 2 aliphatic heterocycles. The standard InChI is InChI=1S/C42H45N2O10P/c1-42(2,3)54-41(48)44-34-33(35(52-27-49-4)36(38(44)46)53-28-50-5)43(37(34)45)39(40(47)51-26-29-18-10-6-11-19-29)55(30-20-12-7-13-21-30,31-22-14-8-15-23-31)32-24-16-9-17-25-32/h6-25,33-36H,26-28H2,1-5H3/t33-,34-,35+,36-/m0/s1. The van der Waals surface area contributed by atoms with E-state index in [-0.39, 0.29) is 25.6 Å². The molecule has 2 saturated heterocycles. The molecule has 2 aliphatic rings. The molecule has 0 N–H and O–H groups in total. The predicted molar refractivity (Wildman–Crippen MR) is 207 cm³/mol. The number of hydrogen-bond acceptors (Lipinski definition) is 10. The fraction of sp³-hybridized carbons (Fsp3) is 0.310. The van der Waals surface area contributed by atoms with Gasteiger partial charge in [-0.2, -0.15) is 0 Å². The van der Waals surface area contributed by atoms with Crippen molar-refractivity contribution in [2.24, 2.45) is 0 Å². The Bertz CT molecular complexity index is 1920. The molecule has 6 rings (SSSR count). The summed E-state index contributed by atoms with van der Waals surface area (Å²) in [4.78, 5) is 60.6. The highest BCUT2D eigenvalue weighted by Crippen LogP contribution is 2.50. The van der Waals surface area contributed by atoms with Gasteiger partial charge in [0.1, 0.15) is 43.4 Å². The molecule has 0 aliphatic carbocycles. The van der Waals surface area contributed by atoms with Crippen molar-refractivity contribution in [1.29, 1.82) is 0 Å². The van der Waals surface area contributed by atoms with Crippen molar-refractivity contribution in [3.8, 4) is 0 Å². The summed E-state index contributed by atoms with van der Waals surface area (Å²) in [5, 5.41) is 2.27. The molecule has 0 radical (unpaired) electrons. The molecule has 0 saturated carbocycles. The Hall–Kier alpha value is -5.10. The molecule has 4 aromatic rings. The maximum absolute atomic E-state index is 15.3. The Morgan fingerprint density at radius 2 is 1.13 bits per heavy atom. The molecule has 12 nitrogen and oxygen atoms in total. The van der Waals surface area contributed by atoms with Crippen LogP contribution in [0.3, 0.4) is 0 Å². The van der Waals surface area contributed by atoms with Crippen molar-refractivity contribution in [1.82, 2.24) is 9.80 Å². The molecule has 0 spiro atoms. The molecule has 13 heteroatoms. The first kappa shape index (κ1) is 39.6. The highest BCUT2D eigenvalue weighted by atomic mass is 31.2. The van der Waals surface area contributed by atoms with Gasteiger partial charge in [-0.1, -0.05) is 121 Å². The molecular weight excluding hydrogens is 723 g/mol. The third-order valence-corrected chi connectivity index (χ3v) is 13.5. The fourth-order valence-corrected chi connectivity index (χ4v) is 11.4. The highest BCUT2D eigenvalue weighted by molar-refractivity contribution is 7.96. The SMILES string of the molecule is COCO[C@@H]1[C@@H]2[C@@H](C(=O)N2C(C(=O)OCc2ccccc2)=P(c2ccccc2)(c2ccccc2)c2ccccc2)N(C(=O)OC(C)(C)C)C(=O)[C@H]1OCOC. The van der Waals surface area contributed by atoms with E-state index in [1.54, 1.807) is 20.8 Å². The third-order valence-electron chi connectivity index (χ3n) is 9.21. The minimum Gasteiger partial charge on any atom is -0.456 e. The summed E-state index contributed by atoms with van der Waals surface area (Å²) in [5.74, 6) is -2.31. The summed E-state index contributed by atoms with van der Waals surface area (Å²) in [6, 6.07) is 35.2. The molecule has 3 amide bonds. The molecule has 0 unspecified atom stereocenters. The maximum Gasteiger partial charge on any atom is 0.417 e. The smallest absolute Gasteiger partial charge is 0.417 e. The van der Waals surface area contributed by atoms with Crippen LogP contribution in [0.25, 0.3) is 0 Å². The van der Waals surface area contributed by atoms with Crippen LogP contribution in [0.5, 0.6) is 0 Å². The van der Waals surface area contributed by atoms with Crippen molar-refractivity contribution in [2.45, 2.75) is 57.3 Å². The summed E-state index contributed by atoms with van der Waals surface area (Å²) >= 11 is 0. The number of ether oxygens (including phenoxy) is 6. The van der Waals surface area contributed by atoms with Gasteiger partial charge in [0.15, 0.2) is 6.10 Å². The minimum absolute atomic E-state index is 0.0354. The Morgan fingerprint density at radius 3 is 1.60 bits per heavy atom. The number of carbonyl (C=O) groups excluding carboxylic acids is 4. The first-order valence-corrected chi connectivity index (χ1v) is 19.6. The van der Waals surface area contributed by atoms with E-state index in [0.717, 1.165) is 26.4 Å². The quantitative estimate of drug-likeness (QED) is 0.0846. The zero-order valence-corrected chi connectivity index (χ0v) is 32.3. The van der Waals surface area contributed by atoms with Crippen LogP contribution in [0.1, 0.15) is 26.3 Å². The molecule has 55 heavy (non-hydrogen) atoms. The van der Waals surface area contributed by atoms with E-state index in [1.807, 2.05) is 121 Å². The zero-order valence-electron chi connectivity index (χ0n) is 31.4. The number of piperidine rings is 1. The average Bonchev–Trinajstić information content (AvgIpc) is 3.19. The lowest BCUT2D eigenvalue weighted by molar-refractivity contribution is -0.221. The second-order valence-electron chi connectivity index (χ2n) is 13.9.